The van der Waals surface area contributed by atoms with Crippen LogP contribution in [0.5, 0.6) is 5.75 Å². The predicted octanol–water partition coefficient (Wildman–Crippen LogP) is 4.90. The quantitative estimate of drug-likeness (QED) is 0.663. The molecule has 1 unspecified atom stereocenters. The molecule has 2 aromatic carbocycles. The monoisotopic (exact) mass is 353 g/mol. The minimum Gasteiger partial charge on any atom is -0.410 e. The van der Waals surface area contributed by atoms with E-state index >= 15 is 0 Å². The van der Waals surface area contributed by atoms with E-state index in [1.165, 1.54) is 4.90 Å². The van der Waals surface area contributed by atoms with Gasteiger partial charge in [0.25, 0.3) is 0 Å². The number of nitrogens with one attached hydrogen (secondary N) is 1. The summed E-state index contributed by atoms with van der Waals surface area (Å²) in [4.78, 5) is 21.0. The minimum atomic E-state index is -0.419. The fraction of sp³-hybridized carbons (Fsp3) is 0.158. The van der Waals surface area contributed by atoms with E-state index in [0.29, 0.717) is 5.75 Å². The first-order valence-corrected chi connectivity index (χ1v) is 8.78. The molecular formula is C19H19N3O2S. The molecule has 128 valence electrons. The van der Waals surface area contributed by atoms with Gasteiger partial charge in [-0.05, 0) is 36.8 Å². The van der Waals surface area contributed by atoms with Gasteiger partial charge in [0.15, 0.2) is 5.16 Å². The number of amides is 1. The van der Waals surface area contributed by atoms with E-state index in [2.05, 4.69) is 16.9 Å². The molecular weight excluding hydrogens is 334 g/mol. The van der Waals surface area contributed by atoms with Crippen molar-refractivity contribution in [2.24, 2.45) is 0 Å². The van der Waals surface area contributed by atoms with Crippen LogP contribution in [-0.4, -0.2) is 23.1 Å². The summed E-state index contributed by atoms with van der Waals surface area (Å²) in [5, 5.41) is 1.12. The molecule has 3 aromatic rings. The number of carbonyl (C=O) groups is 1. The van der Waals surface area contributed by atoms with Crippen molar-refractivity contribution in [2.75, 3.05) is 11.9 Å². The maximum Gasteiger partial charge on any atom is 0.419 e. The van der Waals surface area contributed by atoms with Crippen LogP contribution in [0.1, 0.15) is 17.7 Å². The summed E-state index contributed by atoms with van der Waals surface area (Å²) in [7, 11) is 1.69. The van der Waals surface area contributed by atoms with Crippen molar-refractivity contribution in [2.45, 2.75) is 17.3 Å². The average Bonchev–Trinajstić information content (AvgIpc) is 3.15. The van der Waals surface area contributed by atoms with E-state index in [4.69, 9.17) is 4.74 Å². The number of aromatic amines is 1. The molecule has 0 spiro atoms. The predicted molar refractivity (Wildman–Crippen MR) is 100 cm³/mol. The lowest BCUT2D eigenvalue weighted by Gasteiger charge is -2.17. The average molecular weight is 353 g/mol. The highest BCUT2D eigenvalue weighted by atomic mass is 32.2. The van der Waals surface area contributed by atoms with Gasteiger partial charge in [0.05, 0.1) is 0 Å². The van der Waals surface area contributed by atoms with Gasteiger partial charge in [0.2, 0.25) is 0 Å². The summed E-state index contributed by atoms with van der Waals surface area (Å²) in [6, 6.07) is 16.9. The second-order valence-electron chi connectivity index (χ2n) is 5.49. The van der Waals surface area contributed by atoms with E-state index in [-0.39, 0.29) is 5.25 Å². The van der Waals surface area contributed by atoms with E-state index in [9.17, 15) is 4.79 Å². The molecule has 1 aromatic heterocycles. The van der Waals surface area contributed by atoms with Gasteiger partial charge >= 0.3 is 6.09 Å². The number of para-hydroxylation sites is 1. The third-order valence-corrected chi connectivity index (χ3v) is 4.81. The molecule has 0 aliphatic carbocycles. The fourth-order valence-corrected chi connectivity index (χ4v) is 3.17. The molecule has 25 heavy (non-hydrogen) atoms. The highest BCUT2D eigenvalue weighted by Gasteiger charge is 2.14. The normalized spacial score (nSPS) is 11.8. The number of thioether (sulfide) groups is 1. The summed E-state index contributed by atoms with van der Waals surface area (Å²) in [6.07, 6.45) is 3.12. The van der Waals surface area contributed by atoms with Gasteiger partial charge in [-0.2, -0.15) is 0 Å². The Morgan fingerprint density at radius 1 is 1.16 bits per heavy atom. The summed E-state index contributed by atoms with van der Waals surface area (Å²) in [6.45, 7) is 2.11. The number of carbonyl (C=O) groups excluding carboxylic acids is 1. The van der Waals surface area contributed by atoms with Crippen LogP contribution in [0.15, 0.2) is 72.1 Å². The minimum absolute atomic E-state index is 0.239. The molecule has 1 N–H and O–H groups in total. The summed E-state index contributed by atoms with van der Waals surface area (Å²) in [5.74, 6) is 0.520. The third kappa shape index (κ3) is 4.42. The second-order valence-corrected chi connectivity index (χ2v) is 6.82. The van der Waals surface area contributed by atoms with Crippen LogP contribution >= 0.6 is 11.8 Å². The Balaban J connectivity index is 1.61. The molecule has 0 saturated heterocycles. The van der Waals surface area contributed by atoms with Crippen molar-refractivity contribution in [3.05, 3.63) is 72.6 Å². The number of ether oxygens (including phenoxy) is 1. The molecule has 1 atom stereocenters. The largest absolute Gasteiger partial charge is 0.419 e. The standard InChI is InChI=1S/C19H19N3O2S/c1-14(25-18-20-12-13-21-18)15-8-10-17(11-9-15)24-19(23)22(2)16-6-4-3-5-7-16/h3-14H,1-2H3,(H,20,21). The number of anilines is 1. The van der Waals surface area contributed by atoms with Gasteiger partial charge in [-0.1, -0.05) is 42.1 Å². The SMILES string of the molecule is CC(Sc1ncc[nH]1)c1ccc(OC(=O)N(C)c2ccccc2)cc1. The van der Waals surface area contributed by atoms with E-state index < -0.39 is 6.09 Å². The lowest BCUT2D eigenvalue weighted by molar-refractivity contribution is 0.209. The summed E-state index contributed by atoms with van der Waals surface area (Å²) < 4.78 is 5.43. The molecule has 0 saturated carbocycles. The Morgan fingerprint density at radius 2 is 1.88 bits per heavy atom. The Hall–Kier alpha value is -2.73. The molecule has 6 heteroatoms. The molecule has 1 heterocycles. The first-order valence-electron chi connectivity index (χ1n) is 7.90. The smallest absolute Gasteiger partial charge is 0.410 e. The van der Waals surface area contributed by atoms with Gasteiger partial charge < -0.3 is 9.72 Å². The van der Waals surface area contributed by atoms with Crippen LogP contribution in [0.2, 0.25) is 0 Å². The maximum atomic E-state index is 12.2. The van der Waals surface area contributed by atoms with Crippen LogP contribution < -0.4 is 9.64 Å². The number of hydrogen-bond donors (Lipinski definition) is 1. The molecule has 0 radical (unpaired) electrons. The van der Waals surface area contributed by atoms with Crippen molar-refractivity contribution in [3.63, 3.8) is 0 Å². The van der Waals surface area contributed by atoms with Gasteiger partial charge in [0, 0.05) is 30.4 Å². The Morgan fingerprint density at radius 3 is 2.52 bits per heavy atom. The first-order chi connectivity index (χ1) is 12.1. The number of imidazole rings is 1. The second kappa shape index (κ2) is 7.90. The van der Waals surface area contributed by atoms with Crippen LogP contribution in [0.3, 0.4) is 0 Å². The highest BCUT2D eigenvalue weighted by molar-refractivity contribution is 7.99. The summed E-state index contributed by atoms with van der Waals surface area (Å²) >= 11 is 1.64. The summed E-state index contributed by atoms with van der Waals surface area (Å²) in [5.41, 5.74) is 1.92. The van der Waals surface area contributed by atoms with Crippen molar-refractivity contribution < 1.29 is 9.53 Å². The first kappa shape index (κ1) is 17.1. The number of H-pyrrole nitrogens is 1. The topological polar surface area (TPSA) is 58.2 Å². The van der Waals surface area contributed by atoms with Gasteiger partial charge in [-0.3, -0.25) is 4.90 Å². The number of hydrogen-bond acceptors (Lipinski definition) is 4. The zero-order valence-electron chi connectivity index (χ0n) is 14.0. The lowest BCUT2D eigenvalue weighted by atomic mass is 10.1. The molecule has 3 rings (SSSR count). The van der Waals surface area contributed by atoms with Crippen molar-refractivity contribution in [1.29, 1.82) is 0 Å². The Kier molecular flexibility index (Phi) is 5.40. The Bertz CT molecular complexity index is 804. The van der Waals surface area contributed by atoms with Gasteiger partial charge in [-0.15, -0.1) is 0 Å². The molecule has 0 fully saturated rings. The Labute approximate surface area is 151 Å². The fourth-order valence-electron chi connectivity index (χ4n) is 2.28. The van der Waals surface area contributed by atoms with E-state index in [1.54, 1.807) is 31.2 Å². The number of benzene rings is 2. The number of rotatable bonds is 5. The molecule has 0 bridgehead atoms. The number of nitrogens with zero attached hydrogens (tertiary/aromatic N) is 2. The maximum absolute atomic E-state index is 12.2. The van der Waals surface area contributed by atoms with Crippen molar-refractivity contribution >= 4 is 23.5 Å². The third-order valence-electron chi connectivity index (χ3n) is 3.73. The van der Waals surface area contributed by atoms with Crippen molar-refractivity contribution in [3.8, 4) is 5.75 Å². The van der Waals surface area contributed by atoms with Crippen LogP contribution in [0.25, 0.3) is 0 Å². The molecule has 0 aliphatic heterocycles. The zero-order valence-corrected chi connectivity index (χ0v) is 14.9. The van der Waals surface area contributed by atoms with Gasteiger partial charge in [0.1, 0.15) is 5.75 Å². The van der Waals surface area contributed by atoms with Gasteiger partial charge in [-0.25, -0.2) is 9.78 Å². The molecule has 1 amide bonds. The van der Waals surface area contributed by atoms with Crippen LogP contribution in [0, 0.1) is 0 Å². The highest BCUT2D eigenvalue weighted by Crippen LogP contribution is 2.33. The van der Waals surface area contributed by atoms with E-state index in [0.717, 1.165) is 16.4 Å². The van der Waals surface area contributed by atoms with Crippen LogP contribution in [0.4, 0.5) is 10.5 Å². The molecule has 5 nitrogen and oxygen atoms in total. The van der Waals surface area contributed by atoms with Crippen molar-refractivity contribution in [1.82, 2.24) is 9.97 Å². The molecule has 0 aliphatic rings. The zero-order chi connectivity index (χ0) is 17.6. The number of aromatic nitrogens is 2. The lowest BCUT2D eigenvalue weighted by Crippen LogP contribution is -2.29. The van der Waals surface area contributed by atoms with Crippen LogP contribution in [-0.2, 0) is 0 Å². The van der Waals surface area contributed by atoms with E-state index in [1.807, 2.05) is 54.6 Å².